The van der Waals surface area contributed by atoms with Gasteiger partial charge in [0.1, 0.15) is 0 Å². The third-order valence-corrected chi connectivity index (χ3v) is 13.7. The Morgan fingerprint density at radius 1 is 0.483 bits per heavy atom. The van der Waals surface area contributed by atoms with Crippen LogP contribution < -0.4 is 10.4 Å². The molecule has 0 spiro atoms. The van der Waals surface area contributed by atoms with E-state index in [1.165, 1.54) is 148 Å². The fourth-order valence-corrected chi connectivity index (χ4v) is 9.65. The molecule has 0 N–H and O–H groups in total. The summed E-state index contributed by atoms with van der Waals surface area (Å²) >= 11 is 0. The summed E-state index contributed by atoms with van der Waals surface area (Å²) in [5.41, 5.74) is 19.6. The zero-order chi connectivity index (χ0) is 40.1. The van der Waals surface area contributed by atoms with Crippen LogP contribution in [0.1, 0.15) is 84.0 Å². The molecular formula is C56H57HfSi-3. The van der Waals surface area contributed by atoms with Crippen molar-refractivity contribution in [3.05, 3.63) is 178 Å². The molecule has 1 heterocycles. The Hall–Kier alpha value is -4.37. The predicted molar refractivity (Wildman–Crippen MR) is 251 cm³/mol. The number of benzene rings is 6. The number of rotatable bonds is 8. The van der Waals surface area contributed by atoms with E-state index in [2.05, 4.69) is 183 Å². The molecule has 0 nitrogen and oxygen atoms in total. The Kier molecular flexibility index (Phi) is 14.6. The molecule has 0 amide bonds. The van der Waals surface area contributed by atoms with Crippen molar-refractivity contribution in [3.63, 3.8) is 0 Å². The fraction of sp³-hybridized carbons (Fsp3) is 0.250. The molecule has 9 rings (SSSR count). The van der Waals surface area contributed by atoms with Crippen molar-refractivity contribution in [1.29, 1.82) is 0 Å². The predicted octanol–water partition coefficient (Wildman–Crippen LogP) is 14.1. The minimum Gasteiger partial charge on any atom is -0.184 e. The summed E-state index contributed by atoms with van der Waals surface area (Å²) < 4.78 is 0. The first-order valence-corrected chi connectivity index (χ1v) is 22.1. The molecule has 2 radical (unpaired) electrons. The van der Waals surface area contributed by atoms with E-state index in [1.807, 2.05) is 6.07 Å². The van der Waals surface area contributed by atoms with Gasteiger partial charge in [0, 0.05) is 25.8 Å². The molecule has 0 bridgehead atoms. The van der Waals surface area contributed by atoms with E-state index in [9.17, 15) is 0 Å². The molecule has 1 aliphatic heterocycles. The van der Waals surface area contributed by atoms with Crippen LogP contribution in [-0.2, 0) is 38.7 Å². The molecule has 0 aliphatic carbocycles. The van der Waals surface area contributed by atoms with Crippen LogP contribution >= 0.6 is 0 Å². The molecule has 0 atom stereocenters. The monoisotopic (exact) mass is 937 g/mol. The van der Waals surface area contributed by atoms with E-state index in [-0.39, 0.29) is 25.8 Å². The Balaban J connectivity index is 0.000000150. The third kappa shape index (κ3) is 9.25. The molecule has 0 aromatic heterocycles. The molecule has 58 heavy (non-hydrogen) atoms. The van der Waals surface area contributed by atoms with Crippen molar-refractivity contribution in [3.8, 4) is 33.4 Å². The van der Waals surface area contributed by atoms with E-state index >= 15 is 0 Å². The molecule has 8 aromatic rings. The molecule has 2 heteroatoms. The standard InChI is InChI=1S/2C22H25.C12H7Si.Hf/c2*1-5-6-8-18-13-19-9-7-10-21(22(19)14-18)20-12-11-15(2)16(3)17(20)4;1-3-7-11-9(5-1)10-6-2-4-8-12(10)13-11;/h2*7,9-14H,5-6,8H2,1-4H3;1-7H;/q3*-1;. The van der Waals surface area contributed by atoms with Gasteiger partial charge in [-0.25, -0.2) is 0 Å². The first-order valence-electron chi connectivity index (χ1n) is 21.1. The second-order valence-electron chi connectivity index (χ2n) is 16.0. The van der Waals surface area contributed by atoms with Gasteiger partial charge in [-0.1, -0.05) is 122 Å². The zero-order valence-corrected chi connectivity index (χ0v) is 40.5. The number of hydrogen-bond acceptors (Lipinski definition) is 0. The summed E-state index contributed by atoms with van der Waals surface area (Å²) in [5, 5.41) is 8.38. The van der Waals surface area contributed by atoms with Gasteiger partial charge < -0.3 is 0 Å². The summed E-state index contributed by atoms with van der Waals surface area (Å²) in [4.78, 5) is 0. The van der Waals surface area contributed by atoms with Crippen molar-refractivity contribution in [2.24, 2.45) is 0 Å². The largest absolute Gasteiger partial charge is 0.184 e. The van der Waals surface area contributed by atoms with Crippen LogP contribution in [0.4, 0.5) is 0 Å². The van der Waals surface area contributed by atoms with Crippen LogP contribution in [0, 0.1) is 47.6 Å². The van der Waals surface area contributed by atoms with Gasteiger partial charge in [-0.15, -0.1) is 74.6 Å². The maximum atomic E-state index is 3.31. The molecule has 0 saturated heterocycles. The summed E-state index contributed by atoms with van der Waals surface area (Å²) in [6.45, 7) is 17.8. The quantitative estimate of drug-likeness (QED) is 0.105. The van der Waals surface area contributed by atoms with Gasteiger partial charge >= 0.3 is 0 Å². The zero-order valence-electron chi connectivity index (χ0n) is 35.9. The van der Waals surface area contributed by atoms with Crippen LogP contribution in [0.25, 0.3) is 54.9 Å². The molecule has 292 valence electrons. The fourth-order valence-electron chi connectivity index (χ4n) is 8.34. The van der Waals surface area contributed by atoms with Crippen molar-refractivity contribution in [2.45, 2.75) is 93.9 Å². The topological polar surface area (TPSA) is 0 Å². The van der Waals surface area contributed by atoms with Gasteiger partial charge in [-0.2, -0.15) is 41.6 Å². The van der Waals surface area contributed by atoms with Crippen LogP contribution in [0.15, 0.2) is 127 Å². The number of unbranched alkanes of at least 4 members (excludes halogenated alkanes) is 2. The Labute approximate surface area is 370 Å². The van der Waals surface area contributed by atoms with Crippen LogP contribution in [0.3, 0.4) is 0 Å². The smallest absolute Gasteiger partial charge is 0.0920 e. The van der Waals surface area contributed by atoms with Gasteiger partial charge in [0.2, 0.25) is 0 Å². The Bertz CT molecular complexity index is 2460. The summed E-state index contributed by atoms with van der Waals surface area (Å²) in [5.74, 6) is 0. The van der Waals surface area contributed by atoms with E-state index < -0.39 is 0 Å². The maximum Gasteiger partial charge on any atom is 0.0920 e. The minimum atomic E-state index is 0. The van der Waals surface area contributed by atoms with Gasteiger partial charge in [0.05, 0.1) is 9.52 Å². The van der Waals surface area contributed by atoms with Crippen LogP contribution in [0.5, 0.6) is 0 Å². The summed E-state index contributed by atoms with van der Waals surface area (Å²) in [6.07, 6.45) is 7.44. The van der Waals surface area contributed by atoms with Crippen molar-refractivity contribution >= 4 is 41.4 Å². The van der Waals surface area contributed by atoms with Gasteiger partial charge in [-0.3, -0.25) is 0 Å². The Morgan fingerprint density at radius 2 is 0.966 bits per heavy atom. The average molecular weight is 937 g/mol. The van der Waals surface area contributed by atoms with Crippen molar-refractivity contribution < 1.29 is 25.8 Å². The third-order valence-electron chi connectivity index (χ3n) is 12.3. The first-order chi connectivity index (χ1) is 27.7. The van der Waals surface area contributed by atoms with E-state index in [1.54, 1.807) is 0 Å². The molecule has 0 unspecified atom stereocenters. The van der Waals surface area contributed by atoms with Crippen molar-refractivity contribution in [1.82, 2.24) is 0 Å². The maximum absolute atomic E-state index is 3.31. The molecule has 8 aromatic carbocycles. The SMILES string of the molecule is CCCCc1cc2c(-c3ccc(C)c(C)c3C)cccc2[cH-]1.CCCCc1cc2c(-c3ccc(C)c(C)c3C)cccc2[cH-]1.[Hf].[c-]1cccc2c1[Si]c1ccccc1-2. The van der Waals surface area contributed by atoms with E-state index in [4.69, 9.17) is 0 Å². The second-order valence-corrected chi connectivity index (χ2v) is 17.3. The molecular weight excluding hydrogens is 879 g/mol. The van der Waals surface area contributed by atoms with Gasteiger partial charge in [0.25, 0.3) is 0 Å². The molecule has 0 fully saturated rings. The van der Waals surface area contributed by atoms with E-state index in [0.717, 1.165) is 9.52 Å². The number of fused-ring (bicyclic) bond motifs is 5. The Morgan fingerprint density at radius 3 is 1.48 bits per heavy atom. The normalized spacial score (nSPS) is 11.3. The molecule has 1 aliphatic rings. The number of hydrogen-bond donors (Lipinski definition) is 0. The number of aryl methyl sites for hydroxylation is 4. The molecule has 0 saturated carbocycles. The summed E-state index contributed by atoms with van der Waals surface area (Å²) in [7, 11) is 0.795. The van der Waals surface area contributed by atoms with E-state index in [0.29, 0.717) is 0 Å². The van der Waals surface area contributed by atoms with Crippen LogP contribution in [-0.4, -0.2) is 9.52 Å². The first kappa shape index (κ1) is 43.2. The second kappa shape index (κ2) is 19.6. The van der Waals surface area contributed by atoms with Gasteiger partial charge in [0.15, 0.2) is 0 Å². The average Bonchev–Trinajstić information content (AvgIpc) is 3.96. The summed E-state index contributed by atoms with van der Waals surface area (Å²) in [6, 6.07) is 50.2. The minimum absolute atomic E-state index is 0. The van der Waals surface area contributed by atoms with Crippen molar-refractivity contribution in [2.75, 3.05) is 0 Å². The van der Waals surface area contributed by atoms with Crippen LogP contribution in [0.2, 0.25) is 0 Å². The van der Waals surface area contributed by atoms with Gasteiger partial charge in [-0.05, 0) is 98.9 Å².